The SMILES string of the molecule is COc1ccc(OC)c(C2C(N3C(=O)c4ccc([N+](=O)[O-])cc4C3=O)C(=O)N2c2ccc(C)c(Cl)c2)c1. The molecule has 0 saturated carbocycles. The number of methoxy groups -OCH3 is 2. The molecule has 1 saturated heterocycles. The van der Waals surface area contributed by atoms with E-state index in [0.717, 1.165) is 22.6 Å². The minimum atomic E-state index is -1.23. The van der Waals surface area contributed by atoms with Gasteiger partial charge in [0, 0.05) is 28.4 Å². The molecule has 0 aromatic heterocycles. The summed E-state index contributed by atoms with van der Waals surface area (Å²) < 4.78 is 10.9. The zero-order valence-electron chi connectivity index (χ0n) is 19.9. The van der Waals surface area contributed by atoms with Gasteiger partial charge in [0.05, 0.1) is 36.3 Å². The number of imide groups is 1. The first-order valence-electron chi connectivity index (χ1n) is 11.2. The third kappa shape index (κ3) is 3.68. The fourth-order valence-corrected chi connectivity index (χ4v) is 4.91. The molecule has 3 aromatic carbocycles. The van der Waals surface area contributed by atoms with E-state index in [2.05, 4.69) is 0 Å². The lowest BCUT2D eigenvalue weighted by atomic mass is 9.85. The van der Waals surface area contributed by atoms with Crippen LogP contribution in [0.4, 0.5) is 11.4 Å². The molecule has 37 heavy (non-hydrogen) atoms. The van der Waals surface area contributed by atoms with E-state index in [-0.39, 0.29) is 16.8 Å². The van der Waals surface area contributed by atoms with Crippen molar-refractivity contribution in [3.8, 4) is 11.5 Å². The third-order valence-corrected chi connectivity index (χ3v) is 7.05. The Morgan fingerprint density at radius 1 is 0.865 bits per heavy atom. The molecular formula is C26H20ClN3O7. The number of hydrogen-bond donors (Lipinski definition) is 0. The number of halogens is 1. The average molecular weight is 522 g/mol. The molecule has 0 N–H and O–H groups in total. The van der Waals surface area contributed by atoms with Crippen LogP contribution in [0.25, 0.3) is 0 Å². The number of benzene rings is 3. The van der Waals surface area contributed by atoms with Crippen molar-refractivity contribution in [3.63, 3.8) is 0 Å². The van der Waals surface area contributed by atoms with E-state index in [1.807, 2.05) is 6.92 Å². The van der Waals surface area contributed by atoms with Crippen molar-refractivity contribution >= 4 is 40.7 Å². The number of carbonyl (C=O) groups is 3. The Balaban J connectivity index is 1.64. The zero-order valence-corrected chi connectivity index (χ0v) is 20.7. The molecule has 2 aliphatic rings. The lowest BCUT2D eigenvalue weighted by Gasteiger charge is -2.50. The van der Waals surface area contributed by atoms with Crippen molar-refractivity contribution in [1.82, 2.24) is 4.90 Å². The van der Waals surface area contributed by atoms with Crippen LogP contribution in [-0.2, 0) is 4.79 Å². The molecule has 0 spiro atoms. The van der Waals surface area contributed by atoms with E-state index in [9.17, 15) is 24.5 Å². The Morgan fingerprint density at radius 2 is 1.59 bits per heavy atom. The average Bonchev–Trinajstić information content (AvgIpc) is 3.13. The summed E-state index contributed by atoms with van der Waals surface area (Å²) in [6, 6.07) is 11.5. The number of hydrogen-bond acceptors (Lipinski definition) is 7. The first-order valence-corrected chi connectivity index (χ1v) is 11.5. The maximum atomic E-state index is 13.7. The number of fused-ring (bicyclic) bond motifs is 1. The summed E-state index contributed by atoms with van der Waals surface area (Å²) >= 11 is 6.34. The van der Waals surface area contributed by atoms with Gasteiger partial charge >= 0.3 is 0 Å². The second kappa shape index (κ2) is 8.90. The Morgan fingerprint density at radius 3 is 2.24 bits per heavy atom. The van der Waals surface area contributed by atoms with Gasteiger partial charge in [-0.05, 0) is 48.9 Å². The molecule has 11 heteroatoms. The van der Waals surface area contributed by atoms with E-state index < -0.39 is 34.7 Å². The summed E-state index contributed by atoms with van der Waals surface area (Å²) in [6.45, 7) is 1.83. The van der Waals surface area contributed by atoms with Gasteiger partial charge in [0.25, 0.3) is 23.4 Å². The van der Waals surface area contributed by atoms with Crippen molar-refractivity contribution in [2.24, 2.45) is 0 Å². The fraction of sp³-hybridized carbons (Fsp3) is 0.192. The summed E-state index contributed by atoms with van der Waals surface area (Å²) in [5.41, 5.74) is 1.33. The van der Waals surface area contributed by atoms with Crippen LogP contribution in [0.5, 0.6) is 11.5 Å². The summed E-state index contributed by atoms with van der Waals surface area (Å²) in [5.74, 6) is -1.11. The van der Waals surface area contributed by atoms with E-state index in [4.69, 9.17) is 21.1 Å². The van der Waals surface area contributed by atoms with Gasteiger partial charge in [0.15, 0.2) is 0 Å². The molecule has 0 bridgehead atoms. The van der Waals surface area contributed by atoms with Gasteiger partial charge in [-0.1, -0.05) is 17.7 Å². The number of nitro benzene ring substituents is 1. The minimum Gasteiger partial charge on any atom is -0.497 e. The standard InChI is InChI=1S/C26H20ClN3O7/c1-13-4-5-14(11-20(13)27)28-22(19-12-16(36-2)7-9-21(19)37-3)23(26(28)33)29-24(31)17-8-6-15(30(34)35)10-18(17)25(29)32/h4-12,22-23H,1-3H3. The van der Waals surface area contributed by atoms with Crippen molar-refractivity contribution in [2.45, 2.75) is 19.0 Å². The summed E-state index contributed by atoms with van der Waals surface area (Å²) in [5, 5.41) is 11.7. The predicted octanol–water partition coefficient (Wildman–Crippen LogP) is 4.33. The molecule has 3 amide bonds. The highest BCUT2D eigenvalue weighted by Gasteiger charge is 2.58. The molecule has 0 radical (unpaired) electrons. The van der Waals surface area contributed by atoms with Gasteiger partial charge in [0.1, 0.15) is 17.5 Å². The zero-order chi connectivity index (χ0) is 26.6. The monoisotopic (exact) mass is 521 g/mol. The smallest absolute Gasteiger partial charge is 0.270 e. The van der Waals surface area contributed by atoms with Crippen LogP contribution in [0, 0.1) is 17.0 Å². The van der Waals surface area contributed by atoms with Gasteiger partial charge in [-0.15, -0.1) is 0 Å². The molecule has 2 atom stereocenters. The first-order chi connectivity index (χ1) is 17.7. The number of β-lactam (4-membered cyclic amide) rings is 1. The van der Waals surface area contributed by atoms with Crippen molar-refractivity contribution in [1.29, 1.82) is 0 Å². The van der Waals surface area contributed by atoms with Gasteiger partial charge in [-0.2, -0.15) is 0 Å². The van der Waals surface area contributed by atoms with E-state index in [0.29, 0.717) is 27.8 Å². The van der Waals surface area contributed by atoms with Crippen molar-refractivity contribution in [3.05, 3.63) is 92.0 Å². The second-order valence-electron chi connectivity index (χ2n) is 8.61. The van der Waals surface area contributed by atoms with Crippen LogP contribution in [-0.4, -0.2) is 47.8 Å². The number of carbonyl (C=O) groups excluding carboxylic acids is 3. The molecule has 1 fully saturated rings. The number of amides is 3. The summed E-state index contributed by atoms with van der Waals surface area (Å²) in [7, 11) is 2.96. The summed E-state index contributed by atoms with van der Waals surface area (Å²) in [6.07, 6.45) is 0. The Kier molecular flexibility index (Phi) is 5.83. The number of ether oxygens (including phenoxy) is 2. The number of nitro groups is 1. The molecule has 10 nitrogen and oxygen atoms in total. The molecule has 5 rings (SSSR count). The van der Waals surface area contributed by atoms with Crippen LogP contribution < -0.4 is 14.4 Å². The highest BCUT2D eigenvalue weighted by Crippen LogP contribution is 2.48. The Bertz CT molecular complexity index is 1510. The molecule has 2 heterocycles. The van der Waals surface area contributed by atoms with E-state index >= 15 is 0 Å². The molecule has 3 aromatic rings. The normalized spacial score (nSPS) is 18.5. The lowest BCUT2D eigenvalue weighted by molar-refractivity contribution is -0.384. The maximum Gasteiger partial charge on any atom is 0.270 e. The van der Waals surface area contributed by atoms with Gasteiger partial charge < -0.3 is 14.4 Å². The molecular weight excluding hydrogens is 502 g/mol. The molecule has 188 valence electrons. The van der Waals surface area contributed by atoms with Gasteiger partial charge in [0.2, 0.25) is 0 Å². The number of non-ortho nitro benzene ring substituents is 1. The Hall–Kier alpha value is -4.44. The first kappa shape index (κ1) is 24.3. The third-order valence-electron chi connectivity index (χ3n) is 6.65. The quantitative estimate of drug-likeness (QED) is 0.205. The predicted molar refractivity (Wildman–Crippen MR) is 133 cm³/mol. The second-order valence-corrected chi connectivity index (χ2v) is 9.01. The van der Waals surface area contributed by atoms with Crippen molar-refractivity contribution < 1.29 is 28.8 Å². The number of rotatable bonds is 6. The van der Waals surface area contributed by atoms with Gasteiger partial charge in [-0.3, -0.25) is 29.4 Å². The van der Waals surface area contributed by atoms with E-state index in [1.54, 1.807) is 36.4 Å². The van der Waals surface area contributed by atoms with Crippen molar-refractivity contribution in [2.75, 3.05) is 19.1 Å². The summed E-state index contributed by atoms with van der Waals surface area (Å²) in [4.78, 5) is 53.3. The van der Waals surface area contributed by atoms with Crippen LogP contribution >= 0.6 is 11.6 Å². The fourth-order valence-electron chi connectivity index (χ4n) is 4.74. The number of anilines is 1. The van der Waals surface area contributed by atoms with Crippen LogP contribution in [0.15, 0.2) is 54.6 Å². The number of aryl methyl sites for hydroxylation is 1. The van der Waals surface area contributed by atoms with Crippen LogP contribution in [0.3, 0.4) is 0 Å². The topological polar surface area (TPSA) is 119 Å². The molecule has 2 unspecified atom stereocenters. The highest BCUT2D eigenvalue weighted by atomic mass is 35.5. The molecule has 0 aliphatic carbocycles. The Labute approximate surface area is 216 Å². The van der Waals surface area contributed by atoms with E-state index in [1.165, 1.54) is 25.2 Å². The molecule has 2 aliphatic heterocycles. The maximum absolute atomic E-state index is 13.7. The highest BCUT2D eigenvalue weighted by molar-refractivity contribution is 6.32. The van der Waals surface area contributed by atoms with Gasteiger partial charge in [-0.25, -0.2) is 0 Å². The number of nitrogens with zero attached hydrogens (tertiary/aromatic N) is 3. The van der Waals surface area contributed by atoms with Crippen LogP contribution in [0.2, 0.25) is 5.02 Å². The minimum absolute atomic E-state index is 0.00316. The lowest BCUT2D eigenvalue weighted by Crippen LogP contribution is -2.67. The largest absolute Gasteiger partial charge is 0.497 e. The van der Waals surface area contributed by atoms with Crippen LogP contribution in [0.1, 0.15) is 37.9 Å².